The van der Waals surface area contributed by atoms with Gasteiger partial charge >= 0.3 is 0 Å². The first-order chi connectivity index (χ1) is 9.13. The first-order valence-electron chi connectivity index (χ1n) is 6.02. The third-order valence-electron chi connectivity index (χ3n) is 3.18. The third kappa shape index (κ3) is 2.36. The molecule has 0 fully saturated rings. The zero-order chi connectivity index (χ0) is 13.4. The van der Waals surface area contributed by atoms with Crippen molar-refractivity contribution in [1.29, 1.82) is 0 Å². The minimum Gasteiger partial charge on any atom is -0.398 e. The Kier molecular flexibility index (Phi) is 3.03. The molecule has 0 saturated heterocycles. The fourth-order valence-corrected chi connectivity index (χ4v) is 3.16. The van der Waals surface area contributed by atoms with Crippen molar-refractivity contribution in [3.63, 3.8) is 0 Å². The summed E-state index contributed by atoms with van der Waals surface area (Å²) < 4.78 is 13.2. The second-order valence-electron chi connectivity index (χ2n) is 4.53. The lowest BCUT2D eigenvalue weighted by molar-refractivity contribution is 0.0994. The summed E-state index contributed by atoms with van der Waals surface area (Å²) in [5.74, 6) is -0.114. The molecule has 96 valence electrons. The molecule has 0 radical (unpaired) electrons. The Hall–Kier alpha value is -1.81. The summed E-state index contributed by atoms with van der Waals surface area (Å²) in [6.45, 7) is 0. The second-order valence-corrected chi connectivity index (χ2v) is 5.65. The van der Waals surface area contributed by atoms with E-state index in [1.54, 1.807) is 6.07 Å². The molecule has 4 heteroatoms. The maximum Gasteiger partial charge on any atom is 0.163 e. The molecule has 2 aromatic rings. The molecular weight excluding hydrogens is 261 g/mol. The monoisotopic (exact) mass is 273 g/mol. The van der Waals surface area contributed by atoms with Gasteiger partial charge in [0.1, 0.15) is 5.82 Å². The molecule has 0 aliphatic heterocycles. The van der Waals surface area contributed by atoms with Crippen LogP contribution in [0, 0.1) is 5.82 Å². The maximum atomic E-state index is 13.2. The van der Waals surface area contributed by atoms with Gasteiger partial charge < -0.3 is 5.73 Å². The van der Waals surface area contributed by atoms with Crippen molar-refractivity contribution in [2.45, 2.75) is 22.6 Å². The van der Waals surface area contributed by atoms with Crippen LogP contribution in [0.1, 0.15) is 22.3 Å². The third-order valence-corrected chi connectivity index (χ3v) is 4.24. The number of hydrogen-bond donors (Lipinski definition) is 1. The minimum atomic E-state index is -0.277. The van der Waals surface area contributed by atoms with Gasteiger partial charge in [0.25, 0.3) is 0 Å². The van der Waals surface area contributed by atoms with E-state index in [1.807, 2.05) is 18.2 Å². The van der Waals surface area contributed by atoms with Crippen LogP contribution in [-0.4, -0.2) is 5.78 Å². The molecule has 3 rings (SSSR count). The van der Waals surface area contributed by atoms with Crippen LogP contribution in [-0.2, 0) is 6.42 Å². The summed E-state index contributed by atoms with van der Waals surface area (Å²) in [5, 5.41) is 0. The lowest BCUT2D eigenvalue weighted by Gasteiger charge is -2.08. The van der Waals surface area contributed by atoms with Gasteiger partial charge in [-0.3, -0.25) is 4.79 Å². The Bertz CT molecular complexity index is 669. The molecule has 0 heterocycles. The number of anilines is 1. The number of benzene rings is 2. The first-order valence-corrected chi connectivity index (χ1v) is 6.84. The zero-order valence-electron chi connectivity index (χ0n) is 10.2. The fourth-order valence-electron chi connectivity index (χ4n) is 2.24. The molecule has 1 aliphatic carbocycles. The largest absolute Gasteiger partial charge is 0.398 e. The van der Waals surface area contributed by atoms with E-state index in [0.717, 1.165) is 27.3 Å². The number of Topliss-reactive ketones (excluding diaryl/α,β-unsaturated/α-hetero) is 1. The van der Waals surface area contributed by atoms with E-state index < -0.39 is 0 Å². The Balaban J connectivity index is 1.97. The molecule has 2 nitrogen and oxygen atoms in total. The van der Waals surface area contributed by atoms with E-state index >= 15 is 0 Å². The average molecular weight is 273 g/mol. The highest BCUT2D eigenvalue weighted by atomic mass is 32.2. The Morgan fingerprint density at radius 1 is 1.16 bits per heavy atom. The van der Waals surface area contributed by atoms with Crippen LogP contribution in [0.25, 0.3) is 0 Å². The van der Waals surface area contributed by atoms with Crippen LogP contribution in [0.3, 0.4) is 0 Å². The van der Waals surface area contributed by atoms with Gasteiger partial charge in [0.15, 0.2) is 5.78 Å². The van der Waals surface area contributed by atoms with E-state index in [0.29, 0.717) is 12.1 Å². The van der Waals surface area contributed by atoms with Crippen molar-refractivity contribution >= 4 is 23.2 Å². The van der Waals surface area contributed by atoms with Crippen LogP contribution in [0.5, 0.6) is 0 Å². The molecule has 0 amide bonds. The van der Waals surface area contributed by atoms with Crippen LogP contribution in [0.15, 0.2) is 46.2 Å². The highest BCUT2D eigenvalue weighted by Crippen LogP contribution is 2.36. The van der Waals surface area contributed by atoms with E-state index in [4.69, 9.17) is 5.73 Å². The van der Waals surface area contributed by atoms with Gasteiger partial charge in [0, 0.05) is 27.5 Å². The van der Waals surface area contributed by atoms with Gasteiger partial charge in [-0.15, -0.1) is 0 Å². The van der Waals surface area contributed by atoms with Crippen LogP contribution < -0.4 is 5.73 Å². The molecule has 1 aliphatic rings. The number of aryl methyl sites for hydroxylation is 1. The smallest absolute Gasteiger partial charge is 0.163 e. The highest BCUT2D eigenvalue weighted by molar-refractivity contribution is 7.99. The molecule has 19 heavy (non-hydrogen) atoms. The molecular formula is C15H12FNOS. The molecule has 0 atom stereocenters. The number of ketones is 1. The summed E-state index contributed by atoms with van der Waals surface area (Å²) in [4.78, 5) is 13.3. The summed E-state index contributed by atoms with van der Waals surface area (Å²) in [5.41, 5.74) is 8.42. The van der Waals surface area contributed by atoms with Crippen LogP contribution >= 0.6 is 11.8 Å². The van der Waals surface area contributed by atoms with Gasteiger partial charge in [0.05, 0.1) is 0 Å². The van der Waals surface area contributed by atoms with Gasteiger partial charge in [0.2, 0.25) is 0 Å². The predicted molar refractivity (Wildman–Crippen MR) is 74.0 cm³/mol. The Labute approximate surface area is 114 Å². The van der Waals surface area contributed by atoms with Gasteiger partial charge in [-0.1, -0.05) is 17.8 Å². The van der Waals surface area contributed by atoms with Crippen molar-refractivity contribution in [3.05, 3.63) is 53.3 Å². The summed E-state index contributed by atoms with van der Waals surface area (Å²) in [6, 6.07) is 10.0. The number of carbonyl (C=O) groups excluding carboxylic acids is 1. The summed E-state index contributed by atoms with van der Waals surface area (Å²) in [7, 11) is 0. The zero-order valence-corrected chi connectivity index (χ0v) is 11.0. The number of carbonyl (C=O) groups is 1. The molecule has 0 bridgehead atoms. The number of hydrogen-bond acceptors (Lipinski definition) is 3. The molecule has 2 aromatic carbocycles. The van der Waals surface area contributed by atoms with Gasteiger partial charge in [-0.05, 0) is 42.3 Å². The number of nitrogens with two attached hydrogens (primary N) is 1. The number of fused-ring (bicyclic) bond motifs is 1. The van der Waals surface area contributed by atoms with Crippen molar-refractivity contribution < 1.29 is 9.18 Å². The molecule has 0 aromatic heterocycles. The second kappa shape index (κ2) is 4.70. The van der Waals surface area contributed by atoms with Crippen molar-refractivity contribution in [2.24, 2.45) is 0 Å². The van der Waals surface area contributed by atoms with Crippen LogP contribution in [0.2, 0.25) is 0 Å². The van der Waals surface area contributed by atoms with E-state index in [9.17, 15) is 9.18 Å². The number of nitrogen functional groups attached to an aromatic ring is 1. The number of halogens is 1. The quantitative estimate of drug-likeness (QED) is 0.849. The van der Waals surface area contributed by atoms with Gasteiger partial charge in [-0.2, -0.15) is 0 Å². The summed E-state index contributed by atoms with van der Waals surface area (Å²) in [6.07, 6.45) is 1.33. The van der Waals surface area contributed by atoms with E-state index in [-0.39, 0.29) is 11.6 Å². The Morgan fingerprint density at radius 3 is 2.79 bits per heavy atom. The minimum absolute atomic E-state index is 0.163. The van der Waals surface area contributed by atoms with Crippen molar-refractivity contribution in [2.75, 3.05) is 5.73 Å². The maximum absolute atomic E-state index is 13.2. The lowest BCUT2D eigenvalue weighted by atomic mass is 10.1. The predicted octanol–water partition coefficient (Wildman–Crippen LogP) is 3.69. The standard InChI is InChI=1S/C15H12FNOS/c16-10-2-1-3-11(7-10)19-15-8-12-9(6-13(15)17)4-5-14(12)18/h1-3,6-8H,4-5,17H2. The number of rotatable bonds is 2. The average Bonchev–Trinajstić information content (AvgIpc) is 2.71. The van der Waals surface area contributed by atoms with Gasteiger partial charge in [-0.25, -0.2) is 4.39 Å². The van der Waals surface area contributed by atoms with Crippen molar-refractivity contribution in [1.82, 2.24) is 0 Å². The van der Waals surface area contributed by atoms with Crippen LogP contribution in [0.4, 0.5) is 10.1 Å². The molecule has 2 N–H and O–H groups in total. The highest BCUT2D eigenvalue weighted by Gasteiger charge is 2.21. The summed E-state index contributed by atoms with van der Waals surface area (Å²) >= 11 is 1.38. The Morgan fingerprint density at radius 2 is 2.00 bits per heavy atom. The first kappa shape index (κ1) is 12.2. The topological polar surface area (TPSA) is 43.1 Å². The normalized spacial score (nSPS) is 13.6. The van der Waals surface area contributed by atoms with Crippen molar-refractivity contribution in [3.8, 4) is 0 Å². The lowest BCUT2D eigenvalue weighted by Crippen LogP contribution is -1.96. The van der Waals surface area contributed by atoms with E-state index in [1.165, 1.54) is 23.9 Å². The van der Waals surface area contributed by atoms with E-state index in [2.05, 4.69) is 0 Å². The SMILES string of the molecule is Nc1cc2c(cc1Sc1cccc(F)c1)C(=O)CC2. The molecule has 0 saturated carbocycles. The molecule has 0 unspecified atom stereocenters. The molecule has 0 spiro atoms. The fraction of sp³-hybridized carbons (Fsp3) is 0.133.